The lowest BCUT2D eigenvalue weighted by molar-refractivity contribution is 0.866. The minimum Gasteiger partial charge on any atom is -0.0882 e. The van der Waals surface area contributed by atoms with Gasteiger partial charge in [0.25, 0.3) is 0 Å². The summed E-state index contributed by atoms with van der Waals surface area (Å²) in [6.07, 6.45) is 23.5. The molecule has 0 spiro atoms. The Balaban J connectivity index is 2.38. The molecule has 1 aliphatic rings. The van der Waals surface area contributed by atoms with Gasteiger partial charge in [-0.2, -0.15) is 0 Å². The minimum absolute atomic E-state index is 1.05. The van der Waals surface area contributed by atoms with Gasteiger partial charge >= 0.3 is 0 Å². The van der Waals surface area contributed by atoms with Gasteiger partial charge in [-0.25, -0.2) is 0 Å². The van der Waals surface area contributed by atoms with Crippen LogP contribution in [0.25, 0.3) is 0 Å². The maximum Gasteiger partial charge on any atom is -0.0166 e. The van der Waals surface area contributed by atoms with E-state index < -0.39 is 0 Å². The van der Waals surface area contributed by atoms with Crippen LogP contribution in [0.1, 0.15) is 32.1 Å². The van der Waals surface area contributed by atoms with Gasteiger partial charge in [-0.1, -0.05) is 48.6 Å². The van der Waals surface area contributed by atoms with Crippen molar-refractivity contribution >= 4 is 0 Å². The largest absolute Gasteiger partial charge is 0.0882 e. The van der Waals surface area contributed by atoms with Gasteiger partial charge in [-0.15, -0.1) is 0 Å². The van der Waals surface area contributed by atoms with Gasteiger partial charge in [-0.05, 0) is 32.1 Å². The smallest absolute Gasteiger partial charge is 0.0166 e. The van der Waals surface area contributed by atoms with Gasteiger partial charge in [0, 0.05) is 0 Å². The third kappa shape index (κ3) is 6.15. The van der Waals surface area contributed by atoms with Crippen molar-refractivity contribution in [3.05, 3.63) is 48.6 Å². The highest BCUT2D eigenvalue weighted by atomic mass is 13.9. The second-order valence-corrected chi connectivity index (χ2v) is 3.20. The van der Waals surface area contributed by atoms with Gasteiger partial charge in [0.15, 0.2) is 0 Å². The molecule has 13 heavy (non-hydrogen) atoms. The van der Waals surface area contributed by atoms with Crippen molar-refractivity contribution in [2.75, 3.05) is 0 Å². The predicted molar refractivity (Wildman–Crippen MR) is 59.6 cm³/mol. The summed E-state index contributed by atoms with van der Waals surface area (Å²) in [5.41, 5.74) is 0. The summed E-state index contributed by atoms with van der Waals surface area (Å²) in [4.78, 5) is 0. The molecule has 0 atom stereocenters. The Morgan fingerprint density at radius 2 is 1.15 bits per heavy atom. The molecule has 0 heterocycles. The van der Waals surface area contributed by atoms with Crippen molar-refractivity contribution in [3.8, 4) is 0 Å². The maximum atomic E-state index is 2.28. The lowest BCUT2D eigenvalue weighted by Crippen LogP contribution is -1.68. The Kier molecular flexibility index (Phi) is 5.87. The molecule has 0 saturated carbocycles. The van der Waals surface area contributed by atoms with E-state index in [0.29, 0.717) is 0 Å². The highest BCUT2D eigenvalue weighted by Crippen LogP contribution is 2.01. The Morgan fingerprint density at radius 3 is 2.08 bits per heavy atom. The molecule has 0 aromatic heterocycles. The fourth-order valence-corrected chi connectivity index (χ4v) is 1.25. The summed E-state index contributed by atoms with van der Waals surface area (Å²) >= 11 is 0. The second-order valence-electron chi connectivity index (χ2n) is 3.20. The zero-order valence-electron chi connectivity index (χ0n) is 8.15. The number of hydrogen-bond acceptors (Lipinski definition) is 0. The van der Waals surface area contributed by atoms with Gasteiger partial charge in [-0.3, -0.25) is 0 Å². The maximum absolute atomic E-state index is 2.28. The molecule has 0 unspecified atom stereocenters. The molecular formula is C13H18. The van der Waals surface area contributed by atoms with Crippen molar-refractivity contribution in [2.24, 2.45) is 0 Å². The molecule has 0 aromatic carbocycles. The Labute approximate surface area is 81.4 Å². The molecule has 0 heteroatoms. The Hall–Kier alpha value is -1.04. The van der Waals surface area contributed by atoms with Crippen molar-refractivity contribution in [3.63, 3.8) is 0 Å². The van der Waals surface area contributed by atoms with Crippen molar-refractivity contribution < 1.29 is 0 Å². The topological polar surface area (TPSA) is 0 Å². The molecule has 0 fully saturated rings. The zero-order chi connectivity index (χ0) is 9.19. The SMILES string of the molecule is C1=CCCC/C=C/C=C/C/C=C/C1. The molecule has 0 aromatic rings. The fourth-order valence-electron chi connectivity index (χ4n) is 1.25. The van der Waals surface area contributed by atoms with E-state index in [9.17, 15) is 0 Å². The minimum atomic E-state index is 1.05. The fraction of sp³-hybridized carbons (Fsp3) is 0.385. The molecule has 1 rings (SSSR count). The quantitative estimate of drug-likeness (QED) is 0.483. The first kappa shape index (κ1) is 10.0. The number of rotatable bonds is 0. The number of allylic oxidation sites excluding steroid dienone is 8. The van der Waals surface area contributed by atoms with E-state index in [1.54, 1.807) is 0 Å². The van der Waals surface area contributed by atoms with Crippen molar-refractivity contribution in [2.45, 2.75) is 32.1 Å². The first-order chi connectivity index (χ1) is 6.50. The molecule has 0 radical (unpaired) electrons. The van der Waals surface area contributed by atoms with Crippen LogP contribution in [0, 0.1) is 0 Å². The van der Waals surface area contributed by atoms with Gasteiger partial charge in [0.1, 0.15) is 0 Å². The monoisotopic (exact) mass is 174 g/mol. The normalized spacial score (nSPS) is 26.5. The van der Waals surface area contributed by atoms with E-state index in [1.807, 2.05) is 0 Å². The first-order valence-electron chi connectivity index (χ1n) is 5.12. The van der Waals surface area contributed by atoms with E-state index in [1.165, 1.54) is 19.3 Å². The molecule has 1 aliphatic carbocycles. The van der Waals surface area contributed by atoms with Gasteiger partial charge in [0.05, 0.1) is 0 Å². The van der Waals surface area contributed by atoms with Crippen LogP contribution in [0.2, 0.25) is 0 Å². The standard InChI is InChI=1S/C13H18/c1-2-4-6-8-10-12-13-11-9-7-5-3-1/h1-4,7,9,12-13H,5-6,8,10-11H2/b3-1+,4-2+,9-7+,13-12?. The van der Waals surface area contributed by atoms with E-state index in [2.05, 4.69) is 48.6 Å². The Bertz CT molecular complexity index is 216. The summed E-state index contributed by atoms with van der Waals surface area (Å²) in [5.74, 6) is 0. The van der Waals surface area contributed by atoms with E-state index in [0.717, 1.165) is 12.8 Å². The second kappa shape index (κ2) is 7.60. The first-order valence-corrected chi connectivity index (χ1v) is 5.12. The van der Waals surface area contributed by atoms with Crippen LogP contribution in [0.5, 0.6) is 0 Å². The average molecular weight is 174 g/mol. The van der Waals surface area contributed by atoms with E-state index in [4.69, 9.17) is 0 Å². The third-order valence-electron chi connectivity index (χ3n) is 2.00. The van der Waals surface area contributed by atoms with Crippen LogP contribution < -0.4 is 0 Å². The van der Waals surface area contributed by atoms with Crippen LogP contribution in [0.3, 0.4) is 0 Å². The Morgan fingerprint density at radius 1 is 0.538 bits per heavy atom. The van der Waals surface area contributed by atoms with Gasteiger partial charge < -0.3 is 0 Å². The van der Waals surface area contributed by atoms with Crippen LogP contribution in [-0.4, -0.2) is 0 Å². The summed E-state index contributed by atoms with van der Waals surface area (Å²) in [6, 6.07) is 0. The molecule has 70 valence electrons. The molecule has 0 saturated heterocycles. The van der Waals surface area contributed by atoms with E-state index in [-0.39, 0.29) is 0 Å². The third-order valence-corrected chi connectivity index (χ3v) is 2.00. The predicted octanol–water partition coefficient (Wildman–Crippen LogP) is 4.18. The molecular weight excluding hydrogens is 156 g/mol. The average Bonchev–Trinajstić information content (AvgIpc) is 2.18. The van der Waals surface area contributed by atoms with Crippen LogP contribution >= 0.6 is 0 Å². The number of hydrogen-bond donors (Lipinski definition) is 0. The lowest BCUT2D eigenvalue weighted by Gasteiger charge is -1.88. The lowest BCUT2D eigenvalue weighted by atomic mass is 10.2. The summed E-state index contributed by atoms with van der Waals surface area (Å²) in [7, 11) is 0. The van der Waals surface area contributed by atoms with Crippen molar-refractivity contribution in [1.82, 2.24) is 0 Å². The molecule has 0 bridgehead atoms. The van der Waals surface area contributed by atoms with Crippen LogP contribution in [0.15, 0.2) is 48.6 Å². The highest BCUT2D eigenvalue weighted by molar-refractivity contribution is 5.06. The summed E-state index contributed by atoms with van der Waals surface area (Å²) < 4.78 is 0. The summed E-state index contributed by atoms with van der Waals surface area (Å²) in [6.45, 7) is 0. The van der Waals surface area contributed by atoms with Crippen LogP contribution in [0.4, 0.5) is 0 Å². The molecule has 0 amide bonds. The molecule has 0 N–H and O–H groups in total. The van der Waals surface area contributed by atoms with Crippen molar-refractivity contribution in [1.29, 1.82) is 0 Å². The highest BCUT2D eigenvalue weighted by Gasteiger charge is 1.80. The molecule has 0 nitrogen and oxygen atoms in total. The van der Waals surface area contributed by atoms with Crippen LogP contribution in [-0.2, 0) is 0 Å². The molecule has 0 aliphatic heterocycles. The summed E-state index contributed by atoms with van der Waals surface area (Å²) in [5, 5.41) is 0. The van der Waals surface area contributed by atoms with E-state index >= 15 is 0 Å². The zero-order valence-corrected chi connectivity index (χ0v) is 8.15. The van der Waals surface area contributed by atoms with Gasteiger partial charge in [0.2, 0.25) is 0 Å².